The molecule has 0 aliphatic rings. The summed E-state index contributed by atoms with van der Waals surface area (Å²) in [6, 6.07) is 66.7. The van der Waals surface area contributed by atoms with Crippen LogP contribution in [0.5, 0.6) is 0 Å². The number of nitrogens with zero attached hydrogens (tertiary/aromatic N) is 5. The van der Waals surface area contributed by atoms with Crippen LogP contribution in [-0.4, -0.2) is 24.1 Å². The van der Waals surface area contributed by atoms with Crippen LogP contribution < -0.4 is 0 Å². The SMILES string of the molecule is c1ccc(-c2ccc(-n3c4ccccc4c4ccc5c6ccccc6n(-c6nc(-c7ccccc7)nc(-c7ccc8sc9ccccc9c8c7)n6)c5c43)cc2)cc1. The number of fused-ring (bicyclic) bond motifs is 10. The molecular formula is C51H31N5S. The maximum atomic E-state index is 5.39. The van der Waals surface area contributed by atoms with Crippen LogP contribution in [0.2, 0.25) is 0 Å². The maximum absolute atomic E-state index is 5.39. The van der Waals surface area contributed by atoms with Gasteiger partial charge in [-0.25, -0.2) is 4.98 Å². The Morgan fingerprint density at radius 1 is 0.333 bits per heavy atom. The summed E-state index contributed by atoms with van der Waals surface area (Å²) in [5.41, 5.74) is 9.67. The van der Waals surface area contributed by atoms with Gasteiger partial charge in [0.25, 0.3) is 0 Å². The molecule has 12 rings (SSSR count). The number of aromatic nitrogens is 5. The zero-order valence-corrected chi connectivity index (χ0v) is 31.4. The minimum absolute atomic E-state index is 0.573. The molecule has 0 spiro atoms. The first-order valence-electron chi connectivity index (χ1n) is 19.1. The Bertz CT molecular complexity index is 3510. The molecule has 0 saturated heterocycles. The van der Waals surface area contributed by atoms with Gasteiger partial charge >= 0.3 is 0 Å². The van der Waals surface area contributed by atoms with Crippen molar-refractivity contribution in [1.29, 1.82) is 0 Å². The normalized spacial score (nSPS) is 11.9. The molecule has 0 aliphatic heterocycles. The molecule has 5 nitrogen and oxygen atoms in total. The molecule has 0 radical (unpaired) electrons. The number of rotatable bonds is 5. The molecule has 0 amide bonds. The van der Waals surface area contributed by atoms with Crippen LogP contribution in [0.3, 0.4) is 0 Å². The highest BCUT2D eigenvalue weighted by Crippen LogP contribution is 2.42. The molecule has 8 aromatic carbocycles. The molecule has 0 N–H and O–H groups in total. The van der Waals surface area contributed by atoms with E-state index in [2.05, 4.69) is 179 Å². The fourth-order valence-corrected chi connectivity index (χ4v) is 9.67. The number of hydrogen-bond acceptors (Lipinski definition) is 4. The van der Waals surface area contributed by atoms with Crippen LogP contribution in [0.1, 0.15) is 0 Å². The lowest BCUT2D eigenvalue weighted by molar-refractivity contribution is 0.953. The van der Waals surface area contributed by atoms with Crippen LogP contribution in [0.25, 0.3) is 109 Å². The van der Waals surface area contributed by atoms with Crippen molar-refractivity contribution in [3.63, 3.8) is 0 Å². The van der Waals surface area contributed by atoms with Crippen molar-refractivity contribution in [3.05, 3.63) is 188 Å². The molecule has 0 saturated carbocycles. The highest BCUT2D eigenvalue weighted by Gasteiger charge is 2.23. The van der Waals surface area contributed by atoms with Gasteiger partial charge in [0.1, 0.15) is 0 Å². The molecule has 4 heterocycles. The Morgan fingerprint density at radius 2 is 0.842 bits per heavy atom. The summed E-state index contributed by atoms with van der Waals surface area (Å²) in [5, 5.41) is 7.08. The van der Waals surface area contributed by atoms with Crippen LogP contribution in [-0.2, 0) is 0 Å². The molecule has 0 fully saturated rings. The predicted octanol–water partition coefficient (Wildman–Crippen LogP) is 13.4. The molecule has 0 bridgehead atoms. The van der Waals surface area contributed by atoms with Gasteiger partial charge in [-0.1, -0.05) is 140 Å². The van der Waals surface area contributed by atoms with Crippen LogP contribution >= 0.6 is 11.3 Å². The Morgan fingerprint density at radius 3 is 1.54 bits per heavy atom. The van der Waals surface area contributed by atoms with E-state index >= 15 is 0 Å². The quantitative estimate of drug-likeness (QED) is 0.176. The van der Waals surface area contributed by atoms with Gasteiger partial charge in [-0.2, -0.15) is 9.97 Å². The molecule has 57 heavy (non-hydrogen) atoms. The van der Waals surface area contributed by atoms with Crippen molar-refractivity contribution < 1.29 is 0 Å². The molecule has 4 aromatic heterocycles. The second-order valence-electron chi connectivity index (χ2n) is 14.4. The van der Waals surface area contributed by atoms with Crippen molar-refractivity contribution in [2.75, 3.05) is 0 Å². The predicted molar refractivity (Wildman–Crippen MR) is 238 cm³/mol. The Hall–Kier alpha value is -7.41. The average molecular weight is 746 g/mol. The summed E-state index contributed by atoms with van der Waals surface area (Å²) in [7, 11) is 0. The van der Waals surface area contributed by atoms with E-state index < -0.39 is 0 Å². The fraction of sp³-hybridized carbons (Fsp3) is 0. The fourth-order valence-electron chi connectivity index (χ4n) is 8.59. The Kier molecular flexibility index (Phi) is 7.03. The van der Waals surface area contributed by atoms with E-state index in [9.17, 15) is 0 Å². The smallest absolute Gasteiger partial charge is 0.238 e. The first-order chi connectivity index (χ1) is 28.3. The number of benzene rings is 8. The molecule has 0 atom stereocenters. The third-order valence-electron chi connectivity index (χ3n) is 11.2. The molecule has 266 valence electrons. The maximum Gasteiger partial charge on any atom is 0.238 e. The van der Waals surface area contributed by atoms with Crippen LogP contribution in [0.4, 0.5) is 0 Å². The Balaban J connectivity index is 1.17. The van der Waals surface area contributed by atoms with Gasteiger partial charge in [-0.15, -0.1) is 11.3 Å². The summed E-state index contributed by atoms with van der Waals surface area (Å²) in [6.45, 7) is 0. The van der Waals surface area contributed by atoms with Gasteiger partial charge in [-0.05, 0) is 59.7 Å². The monoisotopic (exact) mass is 745 g/mol. The topological polar surface area (TPSA) is 48.5 Å². The molecule has 0 aliphatic carbocycles. The first-order valence-corrected chi connectivity index (χ1v) is 19.9. The number of hydrogen-bond donors (Lipinski definition) is 0. The van der Waals surface area contributed by atoms with E-state index in [-0.39, 0.29) is 0 Å². The minimum atomic E-state index is 0.573. The van der Waals surface area contributed by atoms with Crippen molar-refractivity contribution >= 4 is 75.1 Å². The second kappa shape index (κ2) is 12.6. The van der Waals surface area contributed by atoms with Crippen molar-refractivity contribution in [2.24, 2.45) is 0 Å². The summed E-state index contributed by atoms with van der Waals surface area (Å²) in [6.07, 6.45) is 0. The first kappa shape index (κ1) is 31.9. The lowest BCUT2D eigenvalue weighted by Crippen LogP contribution is -2.07. The average Bonchev–Trinajstić information content (AvgIpc) is 3.94. The number of para-hydroxylation sites is 2. The minimum Gasteiger partial charge on any atom is -0.307 e. The zero-order valence-electron chi connectivity index (χ0n) is 30.5. The van der Waals surface area contributed by atoms with E-state index in [4.69, 9.17) is 15.0 Å². The molecule has 6 heteroatoms. The Labute approximate surface area is 331 Å². The van der Waals surface area contributed by atoms with E-state index in [0.717, 1.165) is 49.7 Å². The molecule has 0 unspecified atom stereocenters. The highest BCUT2D eigenvalue weighted by molar-refractivity contribution is 7.25. The van der Waals surface area contributed by atoms with E-state index in [0.29, 0.717) is 17.6 Å². The van der Waals surface area contributed by atoms with Crippen molar-refractivity contribution in [2.45, 2.75) is 0 Å². The largest absolute Gasteiger partial charge is 0.307 e. The van der Waals surface area contributed by atoms with Gasteiger partial charge in [0.05, 0.1) is 22.1 Å². The van der Waals surface area contributed by atoms with Crippen LogP contribution in [0.15, 0.2) is 188 Å². The summed E-state index contributed by atoms with van der Waals surface area (Å²) >= 11 is 1.81. The van der Waals surface area contributed by atoms with Gasteiger partial charge < -0.3 is 4.57 Å². The van der Waals surface area contributed by atoms with Gasteiger partial charge in [0.15, 0.2) is 11.6 Å². The van der Waals surface area contributed by atoms with E-state index in [1.54, 1.807) is 0 Å². The van der Waals surface area contributed by atoms with Crippen molar-refractivity contribution in [3.8, 4) is 45.5 Å². The summed E-state index contributed by atoms with van der Waals surface area (Å²) in [4.78, 5) is 15.9. The second-order valence-corrected chi connectivity index (χ2v) is 15.5. The van der Waals surface area contributed by atoms with Crippen molar-refractivity contribution in [1.82, 2.24) is 24.1 Å². The summed E-state index contributed by atoms with van der Waals surface area (Å²) in [5.74, 6) is 1.83. The van der Waals surface area contributed by atoms with Gasteiger partial charge in [0, 0.05) is 58.5 Å². The van der Waals surface area contributed by atoms with Gasteiger partial charge in [0.2, 0.25) is 5.95 Å². The lowest BCUT2D eigenvalue weighted by atomic mass is 10.1. The molecule has 12 aromatic rings. The standard InChI is InChI=1S/C51H31N5S/c1-3-13-32(14-4-1)33-23-26-36(27-24-33)55-43-20-10-7-17-37(43)40-28-29-41-38-18-8-11-21-44(38)56(48(41)47(40)55)51-53-49(34-15-5-2-6-16-34)52-50(54-51)35-25-30-46-42(31-35)39-19-9-12-22-45(39)57-46/h1-31H. The third kappa shape index (κ3) is 4.98. The summed E-state index contributed by atoms with van der Waals surface area (Å²) < 4.78 is 7.18. The van der Waals surface area contributed by atoms with E-state index in [1.165, 1.54) is 42.1 Å². The third-order valence-corrected chi connectivity index (χ3v) is 12.3. The lowest BCUT2D eigenvalue weighted by Gasteiger charge is -2.14. The molecular weight excluding hydrogens is 715 g/mol. The van der Waals surface area contributed by atoms with Gasteiger partial charge in [-0.3, -0.25) is 4.57 Å². The van der Waals surface area contributed by atoms with Crippen LogP contribution in [0, 0.1) is 0 Å². The zero-order chi connectivity index (χ0) is 37.5. The van der Waals surface area contributed by atoms with E-state index in [1.807, 2.05) is 29.5 Å². The number of thiophene rings is 1. The highest BCUT2D eigenvalue weighted by atomic mass is 32.1.